The molecule has 1 saturated carbocycles. The second kappa shape index (κ2) is 7.03. The van der Waals surface area contributed by atoms with Gasteiger partial charge in [0.05, 0.1) is 5.56 Å². The summed E-state index contributed by atoms with van der Waals surface area (Å²) in [5.41, 5.74) is 8.66. The highest BCUT2D eigenvalue weighted by Gasteiger charge is 2.38. The number of alkyl halides is 3. The predicted octanol–water partition coefficient (Wildman–Crippen LogP) is 2.04. The number of halogens is 3. The van der Waals surface area contributed by atoms with Gasteiger partial charge < -0.3 is 16.8 Å². The number of hydrogen-bond donors (Lipinski definition) is 3. The van der Waals surface area contributed by atoms with Crippen molar-refractivity contribution < 1.29 is 22.8 Å². The zero-order chi connectivity index (χ0) is 18.8. The van der Waals surface area contributed by atoms with Crippen LogP contribution in [0.15, 0.2) is 24.3 Å². The third-order valence-electron chi connectivity index (χ3n) is 4.81. The van der Waals surface area contributed by atoms with Gasteiger partial charge in [0.25, 0.3) is 0 Å². The Morgan fingerprint density at radius 3 is 2.40 bits per heavy atom. The van der Waals surface area contributed by atoms with E-state index in [1.54, 1.807) is 0 Å². The van der Waals surface area contributed by atoms with Gasteiger partial charge >= 0.3 is 6.18 Å². The van der Waals surface area contributed by atoms with Crippen molar-refractivity contribution in [1.82, 2.24) is 5.32 Å². The van der Waals surface area contributed by atoms with Gasteiger partial charge in [-0.15, -0.1) is 0 Å². The Morgan fingerprint density at radius 2 is 1.88 bits per heavy atom. The maximum atomic E-state index is 12.9. The predicted molar refractivity (Wildman–Crippen MR) is 86.1 cm³/mol. The van der Waals surface area contributed by atoms with E-state index in [-0.39, 0.29) is 23.9 Å². The number of nitrogens with two attached hydrogens (primary N) is 2. The van der Waals surface area contributed by atoms with E-state index in [1.165, 1.54) is 19.1 Å². The molecule has 0 heterocycles. The molecule has 1 aliphatic carbocycles. The van der Waals surface area contributed by atoms with Gasteiger partial charge in [-0.1, -0.05) is 18.6 Å². The Bertz CT molecular complexity index is 663. The van der Waals surface area contributed by atoms with E-state index in [0.717, 1.165) is 31.4 Å². The quantitative estimate of drug-likeness (QED) is 0.752. The molecule has 0 aromatic heterocycles. The van der Waals surface area contributed by atoms with Crippen molar-refractivity contribution in [2.75, 3.05) is 0 Å². The van der Waals surface area contributed by atoms with Gasteiger partial charge in [0.1, 0.15) is 5.54 Å². The fraction of sp³-hybridized carbons (Fsp3) is 0.529. The van der Waals surface area contributed by atoms with Crippen molar-refractivity contribution in [3.05, 3.63) is 35.4 Å². The minimum Gasteiger partial charge on any atom is -0.367 e. The fourth-order valence-corrected chi connectivity index (χ4v) is 3.17. The number of nitrogens with one attached hydrogen (secondary N) is 1. The largest absolute Gasteiger partial charge is 0.416 e. The first-order chi connectivity index (χ1) is 11.5. The molecule has 2 amide bonds. The van der Waals surface area contributed by atoms with Crippen molar-refractivity contribution in [3.8, 4) is 0 Å². The third kappa shape index (κ3) is 4.31. The molecule has 138 valence electrons. The molecule has 2 rings (SSSR count). The van der Waals surface area contributed by atoms with Crippen LogP contribution >= 0.6 is 0 Å². The molecule has 0 bridgehead atoms. The maximum Gasteiger partial charge on any atom is 0.416 e. The molecule has 1 aliphatic rings. The highest BCUT2D eigenvalue weighted by Crippen LogP contribution is 2.32. The smallest absolute Gasteiger partial charge is 0.367 e. The van der Waals surface area contributed by atoms with Crippen LogP contribution < -0.4 is 16.8 Å². The number of carbonyl (C=O) groups is 2. The number of carbonyl (C=O) groups excluding carboxylic acids is 2. The summed E-state index contributed by atoms with van der Waals surface area (Å²) in [6, 6.07) is 4.15. The van der Waals surface area contributed by atoms with Gasteiger partial charge in [-0.25, -0.2) is 0 Å². The molecule has 8 heteroatoms. The van der Waals surface area contributed by atoms with E-state index in [1.807, 2.05) is 0 Å². The molecule has 0 saturated heterocycles. The van der Waals surface area contributed by atoms with Crippen molar-refractivity contribution in [2.45, 2.75) is 50.4 Å². The van der Waals surface area contributed by atoms with Crippen molar-refractivity contribution >= 4 is 11.8 Å². The summed E-state index contributed by atoms with van der Waals surface area (Å²) >= 11 is 0. The Morgan fingerprint density at radius 1 is 1.24 bits per heavy atom. The summed E-state index contributed by atoms with van der Waals surface area (Å²) in [4.78, 5) is 24.2. The number of amides is 2. The average molecular weight is 357 g/mol. The average Bonchev–Trinajstić information content (AvgIpc) is 2.91. The van der Waals surface area contributed by atoms with Gasteiger partial charge in [-0.2, -0.15) is 13.2 Å². The standard InChI is InChI=1S/C17H22F3N3O2/c1-16(15(22)25,11-5-3-6-12(9-11)17(18,19)20)23-14(24)8-10-4-2-7-13(10)21/h3,5-6,9-10,13H,2,4,7-8,21H2,1H3,(H2,22,25)(H,23,24)/t10-,13+,16?/m0/s1. The fourth-order valence-electron chi connectivity index (χ4n) is 3.17. The molecule has 1 aromatic rings. The zero-order valence-corrected chi connectivity index (χ0v) is 13.9. The Hall–Kier alpha value is -2.09. The summed E-state index contributed by atoms with van der Waals surface area (Å²) in [6.45, 7) is 1.30. The van der Waals surface area contributed by atoms with Crippen molar-refractivity contribution in [2.24, 2.45) is 17.4 Å². The first-order valence-electron chi connectivity index (χ1n) is 8.08. The van der Waals surface area contributed by atoms with Crippen LogP contribution in [0.1, 0.15) is 43.7 Å². The second-order valence-electron chi connectivity index (χ2n) is 6.67. The molecule has 0 radical (unpaired) electrons. The van der Waals surface area contributed by atoms with Crippen LogP contribution in [0.4, 0.5) is 13.2 Å². The topological polar surface area (TPSA) is 98.2 Å². The highest BCUT2D eigenvalue weighted by molar-refractivity contribution is 5.91. The lowest BCUT2D eigenvalue weighted by atomic mass is 9.89. The van der Waals surface area contributed by atoms with Gasteiger partial charge in [0.2, 0.25) is 11.8 Å². The molecule has 5 nitrogen and oxygen atoms in total. The van der Waals surface area contributed by atoms with E-state index < -0.39 is 29.1 Å². The van der Waals surface area contributed by atoms with E-state index in [0.29, 0.717) is 0 Å². The molecule has 1 unspecified atom stereocenters. The van der Waals surface area contributed by atoms with Gasteiger partial charge in [-0.05, 0) is 43.4 Å². The first-order valence-corrected chi connectivity index (χ1v) is 8.08. The van der Waals surface area contributed by atoms with E-state index in [4.69, 9.17) is 11.5 Å². The van der Waals surface area contributed by atoms with Crippen LogP contribution in [0, 0.1) is 5.92 Å². The lowest BCUT2D eigenvalue weighted by Crippen LogP contribution is -2.53. The molecular formula is C17H22F3N3O2. The summed E-state index contributed by atoms with van der Waals surface area (Å²) in [5.74, 6) is -1.39. The number of rotatable bonds is 5. The second-order valence-corrected chi connectivity index (χ2v) is 6.67. The summed E-state index contributed by atoms with van der Waals surface area (Å²) in [5, 5.41) is 2.50. The molecular weight excluding hydrogens is 335 g/mol. The number of hydrogen-bond acceptors (Lipinski definition) is 3. The van der Waals surface area contributed by atoms with E-state index in [2.05, 4.69) is 5.32 Å². The Labute approximate surface area is 143 Å². The monoisotopic (exact) mass is 357 g/mol. The summed E-state index contributed by atoms with van der Waals surface area (Å²) in [6.07, 6.45) is -1.87. The highest BCUT2D eigenvalue weighted by atomic mass is 19.4. The molecule has 1 fully saturated rings. The molecule has 25 heavy (non-hydrogen) atoms. The SMILES string of the molecule is CC(NC(=O)C[C@@H]1CCC[C@H]1N)(C(N)=O)c1cccc(C(F)(F)F)c1. The van der Waals surface area contributed by atoms with Crippen LogP contribution in [0.25, 0.3) is 0 Å². The van der Waals surface area contributed by atoms with Crippen LogP contribution in [0.3, 0.4) is 0 Å². The Balaban J connectivity index is 2.23. The minimum atomic E-state index is -4.56. The van der Waals surface area contributed by atoms with Gasteiger partial charge in [0, 0.05) is 12.5 Å². The molecule has 3 atom stereocenters. The van der Waals surface area contributed by atoms with Crippen molar-refractivity contribution in [3.63, 3.8) is 0 Å². The summed E-state index contributed by atoms with van der Waals surface area (Å²) in [7, 11) is 0. The number of primary amides is 1. The van der Waals surface area contributed by atoms with Crippen LogP contribution in [0.5, 0.6) is 0 Å². The van der Waals surface area contributed by atoms with Crippen LogP contribution in [-0.2, 0) is 21.3 Å². The first kappa shape index (κ1) is 19.2. The lowest BCUT2D eigenvalue weighted by molar-refractivity contribution is -0.138. The minimum absolute atomic E-state index is 0.00126. The summed E-state index contributed by atoms with van der Waals surface area (Å²) < 4.78 is 38.7. The van der Waals surface area contributed by atoms with E-state index in [9.17, 15) is 22.8 Å². The maximum absolute atomic E-state index is 12.9. The van der Waals surface area contributed by atoms with Gasteiger partial charge in [0.15, 0.2) is 0 Å². The van der Waals surface area contributed by atoms with Crippen LogP contribution in [-0.4, -0.2) is 17.9 Å². The van der Waals surface area contributed by atoms with Gasteiger partial charge in [-0.3, -0.25) is 9.59 Å². The lowest BCUT2D eigenvalue weighted by Gasteiger charge is -2.29. The Kier molecular flexibility index (Phi) is 5.41. The van der Waals surface area contributed by atoms with E-state index >= 15 is 0 Å². The third-order valence-corrected chi connectivity index (χ3v) is 4.81. The molecule has 1 aromatic carbocycles. The zero-order valence-electron chi connectivity index (χ0n) is 13.9. The molecule has 0 spiro atoms. The molecule has 5 N–H and O–H groups in total. The normalized spacial score (nSPS) is 23.1. The number of benzene rings is 1. The van der Waals surface area contributed by atoms with Crippen LogP contribution in [0.2, 0.25) is 0 Å². The molecule has 0 aliphatic heterocycles. The van der Waals surface area contributed by atoms with Crippen molar-refractivity contribution in [1.29, 1.82) is 0 Å².